The highest BCUT2D eigenvalue weighted by Gasteiger charge is 2.25. The van der Waals surface area contributed by atoms with E-state index in [2.05, 4.69) is 10.9 Å². The molecule has 126 valence electrons. The number of nitrogens with zero attached hydrogens (tertiary/aromatic N) is 2. The van der Waals surface area contributed by atoms with E-state index in [1.165, 1.54) is 0 Å². The van der Waals surface area contributed by atoms with E-state index in [0.29, 0.717) is 31.9 Å². The van der Waals surface area contributed by atoms with E-state index in [9.17, 15) is 9.59 Å². The van der Waals surface area contributed by atoms with Crippen LogP contribution in [0.3, 0.4) is 0 Å². The molecule has 0 bridgehead atoms. The first-order valence-electron chi connectivity index (χ1n) is 8.03. The van der Waals surface area contributed by atoms with Crippen LogP contribution in [0, 0.1) is 0 Å². The van der Waals surface area contributed by atoms with Crippen molar-refractivity contribution in [3.8, 4) is 0 Å². The monoisotopic (exact) mass is 310 g/mol. The minimum Gasteiger partial charge on any atom is -0.339 e. The van der Waals surface area contributed by atoms with Crippen LogP contribution in [0.5, 0.6) is 0 Å². The number of carbonyl (C=O) groups excluding carboxylic acids is 2. The van der Waals surface area contributed by atoms with Crippen LogP contribution < -0.4 is 10.9 Å². The van der Waals surface area contributed by atoms with Gasteiger partial charge in [-0.05, 0) is 18.6 Å². The maximum atomic E-state index is 12.2. The van der Waals surface area contributed by atoms with Crippen molar-refractivity contribution >= 4 is 11.8 Å². The van der Waals surface area contributed by atoms with E-state index in [-0.39, 0.29) is 11.8 Å². The molecule has 1 fully saturated rings. The van der Waals surface area contributed by atoms with E-state index in [0.717, 1.165) is 5.57 Å². The Balaban J connectivity index is 0.00000102. The molecule has 2 N–H and O–H groups in total. The lowest BCUT2D eigenvalue weighted by molar-refractivity contribution is -0.136. The summed E-state index contributed by atoms with van der Waals surface area (Å²) < 4.78 is 0. The summed E-state index contributed by atoms with van der Waals surface area (Å²) >= 11 is 0. The fraction of sp³-hybridized carbons (Fsp3) is 0.625. The summed E-state index contributed by atoms with van der Waals surface area (Å²) in [4.78, 5) is 26.9. The predicted molar refractivity (Wildman–Crippen MR) is 89.6 cm³/mol. The molecule has 0 aromatic rings. The molecule has 0 aromatic carbocycles. The Morgan fingerprint density at radius 2 is 1.50 bits per heavy atom. The van der Waals surface area contributed by atoms with Crippen molar-refractivity contribution in [3.63, 3.8) is 0 Å². The minimum atomic E-state index is -0.0295. The number of hydrogen-bond acceptors (Lipinski definition) is 4. The fourth-order valence-corrected chi connectivity index (χ4v) is 2.04. The van der Waals surface area contributed by atoms with Crippen LogP contribution in [-0.4, -0.2) is 47.8 Å². The van der Waals surface area contributed by atoms with Gasteiger partial charge >= 0.3 is 0 Å². The summed E-state index contributed by atoms with van der Waals surface area (Å²) in [5.74, 6) is 0.0377. The number of rotatable bonds is 1. The highest BCUT2D eigenvalue weighted by Crippen LogP contribution is 2.09. The van der Waals surface area contributed by atoms with Gasteiger partial charge in [-0.25, -0.2) is 0 Å². The van der Waals surface area contributed by atoms with Gasteiger partial charge in [-0.2, -0.15) is 0 Å². The SMILES string of the molecule is CC.CC.CC(=O)N1CCN(C(=O)C2=CC(C)=CNN2)CC1. The molecule has 0 radical (unpaired) electrons. The Morgan fingerprint density at radius 1 is 1.00 bits per heavy atom. The van der Waals surface area contributed by atoms with E-state index in [1.54, 1.807) is 22.9 Å². The third kappa shape index (κ3) is 5.79. The van der Waals surface area contributed by atoms with Crippen molar-refractivity contribution in [2.75, 3.05) is 26.2 Å². The number of amides is 2. The predicted octanol–water partition coefficient (Wildman–Crippen LogP) is 1.63. The van der Waals surface area contributed by atoms with Gasteiger partial charge in [-0.15, -0.1) is 0 Å². The zero-order chi connectivity index (χ0) is 17.1. The molecule has 1 saturated heterocycles. The molecule has 22 heavy (non-hydrogen) atoms. The van der Waals surface area contributed by atoms with Gasteiger partial charge < -0.3 is 15.2 Å². The summed E-state index contributed by atoms with van der Waals surface area (Å²) in [5.41, 5.74) is 7.23. The number of piperazine rings is 1. The quantitative estimate of drug-likeness (QED) is 0.772. The van der Waals surface area contributed by atoms with Crippen LogP contribution >= 0.6 is 0 Å². The van der Waals surface area contributed by atoms with Gasteiger partial charge in [-0.3, -0.25) is 15.0 Å². The van der Waals surface area contributed by atoms with E-state index in [4.69, 9.17) is 0 Å². The largest absolute Gasteiger partial charge is 0.339 e. The van der Waals surface area contributed by atoms with Crippen molar-refractivity contribution in [2.45, 2.75) is 41.5 Å². The van der Waals surface area contributed by atoms with Crippen molar-refractivity contribution in [1.82, 2.24) is 20.7 Å². The third-order valence-corrected chi connectivity index (χ3v) is 3.12. The summed E-state index contributed by atoms with van der Waals surface area (Å²) in [5, 5.41) is 0. The van der Waals surface area contributed by atoms with Crippen molar-refractivity contribution < 1.29 is 9.59 Å². The van der Waals surface area contributed by atoms with Gasteiger partial charge in [0.05, 0.1) is 0 Å². The van der Waals surface area contributed by atoms with Gasteiger partial charge in [0, 0.05) is 39.3 Å². The van der Waals surface area contributed by atoms with E-state index in [1.807, 2.05) is 40.7 Å². The first-order chi connectivity index (χ1) is 10.6. The number of allylic oxidation sites excluding steroid dienone is 2. The lowest BCUT2D eigenvalue weighted by Crippen LogP contribution is -2.52. The topological polar surface area (TPSA) is 64.7 Å². The van der Waals surface area contributed by atoms with Gasteiger partial charge in [-0.1, -0.05) is 27.7 Å². The average molecular weight is 310 g/mol. The second-order valence-corrected chi connectivity index (χ2v) is 4.51. The molecule has 0 spiro atoms. The average Bonchev–Trinajstić information content (AvgIpc) is 2.58. The van der Waals surface area contributed by atoms with Gasteiger partial charge in [0.1, 0.15) is 5.70 Å². The van der Waals surface area contributed by atoms with Crippen LogP contribution in [0.1, 0.15) is 41.5 Å². The Labute approximate surface area is 134 Å². The summed E-state index contributed by atoms with van der Waals surface area (Å²) in [7, 11) is 0. The number of nitrogens with one attached hydrogen (secondary N) is 2. The van der Waals surface area contributed by atoms with Crippen LogP contribution in [0.25, 0.3) is 0 Å². The molecule has 0 aromatic heterocycles. The maximum absolute atomic E-state index is 12.2. The van der Waals surface area contributed by atoms with Crippen LogP contribution in [0.2, 0.25) is 0 Å². The minimum absolute atomic E-state index is 0.0295. The summed E-state index contributed by atoms with van der Waals surface area (Å²) in [6.45, 7) is 13.9. The summed E-state index contributed by atoms with van der Waals surface area (Å²) in [6, 6.07) is 0. The maximum Gasteiger partial charge on any atom is 0.271 e. The number of hydrazine groups is 1. The molecule has 2 amide bonds. The van der Waals surface area contributed by atoms with Crippen molar-refractivity contribution in [3.05, 3.63) is 23.5 Å². The van der Waals surface area contributed by atoms with Crippen LogP contribution in [0.15, 0.2) is 23.5 Å². The molecular weight excluding hydrogens is 280 g/mol. The number of hydrogen-bond donors (Lipinski definition) is 2. The molecule has 0 aliphatic carbocycles. The van der Waals surface area contributed by atoms with Gasteiger partial charge in [0.25, 0.3) is 5.91 Å². The zero-order valence-electron chi connectivity index (χ0n) is 14.7. The van der Waals surface area contributed by atoms with E-state index >= 15 is 0 Å². The zero-order valence-corrected chi connectivity index (χ0v) is 14.7. The smallest absolute Gasteiger partial charge is 0.271 e. The molecule has 2 aliphatic heterocycles. The van der Waals surface area contributed by atoms with E-state index < -0.39 is 0 Å². The molecule has 6 heteroatoms. The Hall–Kier alpha value is -1.98. The lowest BCUT2D eigenvalue weighted by Gasteiger charge is -2.35. The van der Waals surface area contributed by atoms with Gasteiger partial charge in [0.2, 0.25) is 5.91 Å². The van der Waals surface area contributed by atoms with Crippen LogP contribution in [0.4, 0.5) is 0 Å². The fourth-order valence-electron chi connectivity index (χ4n) is 2.04. The molecular formula is C16H30N4O2. The second kappa shape index (κ2) is 10.7. The normalized spacial score (nSPS) is 16.5. The molecule has 2 rings (SSSR count). The molecule has 0 saturated carbocycles. The molecule has 2 heterocycles. The van der Waals surface area contributed by atoms with Crippen LogP contribution in [-0.2, 0) is 9.59 Å². The second-order valence-electron chi connectivity index (χ2n) is 4.51. The Kier molecular flexibility index (Phi) is 9.74. The Bertz CT molecular complexity index is 422. The molecule has 0 atom stereocenters. The van der Waals surface area contributed by atoms with Gasteiger partial charge in [0.15, 0.2) is 0 Å². The summed E-state index contributed by atoms with van der Waals surface area (Å²) in [6.07, 6.45) is 3.61. The first-order valence-corrected chi connectivity index (χ1v) is 8.03. The molecule has 2 aliphatic rings. The first kappa shape index (κ1) is 20.0. The van der Waals surface area contributed by atoms with Crippen molar-refractivity contribution in [2.24, 2.45) is 0 Å². The third-order valence-electron chi connectivity index (χ3n) is 3.12. The number of carbonyl (C=O) groups is 2. The highest BCUT2D eigenvalue weighted by atomic mass is 16.2. The Morgan fingerprint density at radius 3 is 1.95 bits per heavy atom. The highest BCUT2D eigenvalue weighted by molar-refractivity contribution is 5.93. The standard InChI is InChI=1S/C12H18N4O2.2C2H6/c1-9-7-11(14-13-8-9)12(18)16-5-3-15(4-6-16)10(2)17;2*1-2/h7-8,13-14H,3-6H2,1-2H3;2*1-2H3. The molecule has 6 nitrogen and oxygen atoms in total. The van der Waals surface area contributed by atoms with Crippen molar-refractivity contribution in [1.29, 1.82) is 0 Å². The molecule has 0 unspecified atom stereocenters. The lowest BCUT2D eigenvalue weighted by atomic mass is 10.2.